The van der Waals surface area contributed by atoms with Crippen molar-refractivity contribution in [2.75, 3.05) is 19.6 Å². The van der Waals surface area contributed by atoms with Crippen LogP contribution in [0.2, 0.25) is 0 Å². The summed E-state index contributed by atoms with van der Waals surface area (Å²) in [6.07, 6.45) is 4.04. The van der Waals surface area contributed by atoms with E-state index in [0.29, 0.717) is 6.42 Å². The summed E-state index contributed by atoms with van der Waals surface area (Å²) in [7, 11) is 0. The minimum absolute atomic E-state index is 0.0937. The lowest BCUT2D eigenvalue weighted by molar-refractivity contribution is -0.134. The smallest absolute Gasteiger partial charge is 0.323 e. The average molecular weight is 440 g/mol. The standard InChI is InChI=1S/C24H30FN5O2/c1-4-24(22(31)30(14-16(2)3)23(32)27-24)19-9-11-29(12-10-19)15-18-13-26-28-21(18)17-5-7-20(25)8-6-17/h5-8,13,19H,2,4,9-12,14-15H2,1,3H3,(H,26,28)(H,27,32). The molecule has 1 atom stereocenters. The highest BCUT2D eigenvalue weighted by Gasteiger charge is 2.54. The Kier molecular flexibility index (Phi) is 6.15. The lowest BCUT2D eigenvalue weighted by Crippen LogP contribution is -2.55. The van der Waals surface area contributed by atoms with Crippen LogP contribution in [-0.4, -0.2) is 57.1 Å². The second-order valence-corrected chi connectivity index (χ2v) is 8.93. The van der Waals surface area contributed by atoms with E-state index in [4.69, 9.17) is 0 Å². The molecule has 2 fully saturated rings. The Labute approximate surface area is 187 Å². The van der Waals surface area contributed by atoms with Gasteiger partial charge in [0.15, 0.2) is 0 Å². The maximum Gasteiger partial charge on any atom is 0.325 e. The number of nitrogens with zero attached hydrogens (tertiary/aromatic N) is 3. The van der Waals surface area contributed by atoms with Gasteiger partial charge in [0, 0.05) is 17.7 Å². The maximum absolute atomic E-state index is 13.3. The number of amides is 3. The van der Waals surface area contributed by atoms with Crippen molar-refractivity contribution in [3.8, 4) is 11.3 Å². The first-order chi connectivity index (χ1) is 15.3. The van der Waals surface area contributed by atoms with E-state index >= 15 is 0 Å². The zero-order chi connectivity index (χ0) is 22.9. The van der Waals surface area contributed by atoms with Crippen LogP contribution in [0.15, 0.2) is 42.6 Å². The average Bonchev–Trinajstić information content (AvgIpc) is 3.33. The maximum atomic E-state index is 13.3. The Hall–Kier alpha value is -3.00. The molecular formula is C24H30FN5O2. The fourth-order valence-corrected chi connectivity index (χ4v) is 4.99. The monoisotopic (exact) mass is 439 g/mol. The van der Waals surface area contributed by atoms with E-state index in [1.807, 2.05) is 20.0 Å². The molecule has 2 aliphatic rings. The lowest BCUT2D eigenvalue weighted by atomic mass is 9.75. The molecular weight excluding hydrogens is 409 g/mol. The molecule has 3 heterocycles. The highest BCUT2D eigenvalue weighted by Crippen LogP contribution is 2.37. The van der Waals surface area contributed by atoms with Crippen molar-refractivity contribution in [2.45, 2.75) is 45.2 Å². The molecule has 2 aliphatic heterocycles. The van der Waals surface area contributed by atoms with Gasteiger partial charge in [0.25, 0.3) is 5.91 Å². The minimum Gasteiger partial charge on any atom is -0.323 e. The third kappa shape index (κ3) is 4.07. The summed E-state index contributed by atoms with van der Waals surface area (Å²) in [5.41, 5.74) is 2.81. The topological polar surface area (TPSA) is 81.3 Å². The molecule has 170 valence electrons. The quantitative estimate of drug-likeness (QED) is 0.509. The predicted octanol–water partition coefficient (Wildman–Crippen LogP) is 3.70. The third-order valence-electron chi connectivity index (χ3n) is 6.72. The number of H-pyrrole nitrogens is 1. The van der Waals surface area contributed by atoms with Crippen molar-refractivity contribution in [1.29, 1.82) is 0 Å². The molecule has 0 saturated carbocycles. The van der Waals surface area contributed by atoms with Crippen LogP contribution in [0.1, 0.15) is 38.7 Å². The van der Waals surface area contributed by atoms with Gasteiger partial charge in [-0.3, -0.25) is 19.7 Å². The Balaban J connectivity index is 1.42. The van der Waals surface area contributed by atoms with Crippen molar-refractivity contribution < 1.29 is 14.0 Å². The number of piperidine rings is 1. The molecule has 7 nitrogen and oxygen atoms in total. The molecule has 2 aromatic rings. The summed E-state index contributed by atoms with van der Waals surface area (Å²) in [4.78, 5) is 29.4. The number of imide groups is 1. The number of nitrogens with one attached hydrogen (secondary N) is 2. The second kappa shape index (κ2) is 8.86. The number of carbonyl (C=O) groups excluding carboxylic acids is 2. The molecule has 1 aromatic heterocycles. The second-order valence-electron chi connectivity index (χ2n) is 8.93. The summed E-state index contributed by atoms with van der Waals surface area (Å²) >= 11 is 0. The molecule has 2 N–H and O–H groups in total. The molecule has 1 unspecified atom stereocenters. The first kappa shape index (κ1) is 22.2. The number of rotatable bonds is 7. The van der Waals surface area contributed by atoms with E-state index < -0.39 is 5.54 Å². The van der Waals surface area contributed by atoms with Crippen molar-refractivity contribution in [3.63, 3.8) is 0 Å². The SMILES string of the molecule is C=C(C)CN1C(=O)NC(CC)(C2CCN(Cc3cn[nH]c3-c3ccc(F)cc3)CC2)C1=O. The van der Waals surface area contributed by atoms with E-state index in [9.17, 15) is 14.0 Å². The number of aromatic amines is 1. The van der Waals surface area contributed by atoms with E-state index in [-0.39, 0.29) is 30.2 Å². The minimum atomic E-state index is -0.826. The van der Waals surface area contributed by atoms with Gasteiger partial charge in [0.05, 0.1) is 18.4 Å². The van der Waals surface area contributed by atoms with Crippen molar-refractivity contribution in [2.24, 2.45) is 5.92 Å². The molecule has 1 aromatic carbocycles. The van der Waals surface area contributed by atoms with Gasteiger partial charge in [-0.15, -0.1) is 0 Å². The Morgan fingerprint density at radius 1 is 1.25 bits per heavy atom. The number of carbonyl (C=O) groups is 2. The van der Waals surface area contributed by atoms with Crippen LogP contribution in [0.25, 0.3) is 11.3 Å². The number of benzene rings is 1. The van der Waals surface area contributed by atoms with E-state index in [1.165, 1.54) is 17.0 Å². The summed E-state index contributed by atoms with van der Waals surface area (Å²) in [6.45, 7) is 10.3. The van der Waals surface area contributed by atoms with E-state index in [1.54, 1.807) is 12.1 Å². The van der Waals surface area contributed by atoms with Crippen LogP contribution in [0.5, 0.6) is 0 Å². The van der Waals surface area contributed by atoms with Gasteiger partial charge in [0.1, 0.15) is 11.4 Å². The van der Waals surface area contributed by atoms with Crippen LogP contribution < -0.4 is 5.32 Å². The fourth-order valence-electron chi connectivity index (χ4n) is 4.99. The molecule has 32 heavy (non-hydrogen) atoms. The Morgan fingerprint density at radius 2 is 1.94 bits per heavy atom. The number of hydrogen-bond donors (Lipinski definition) is 2. The molecule has 3 amide bonds. The highest BCUT2D eigenvalue weighted by atomic mass is 19.1. The molecule has 0 spiro atoms. The normalized spacial score (nSPS) is 22.4. The lowest BCUT2D eigenvalue weighted by Gasteiger charge is -2.40. The zero-order valence-corrected chi connectivity index (χ0v) is 18.7. The fraction of sp³-hybridized carbons (Fsp3) is 0.458. The van der Waals surface area contributed by atoms with Crippen LogP contribution in [0.3, 0.4) is 0 Å². The summed E-state index contributed by atoms with van der Waals surface area (Å²) in [5, 5.41) is 10.2. The largest absolute Gasteiger partial charge is 0.325 e. The van der Waals surface area contributed by atoms with Gasteiger partial charge in [-0.05, 0) is 69.5 Å². The van der Waals surface area contributed by atoms with Crippen molar-refractivity contribution >= 4 is 11.9 Å². The van der Waals surface area contributed by atoms with Crippen LogP contribution >= 0.6 is 0 Å². The van der Waals surface area contributed by atoms with Crippen LogP contribution in [0, 0.1) is 11.7 Å². The van der Waals surface area contributed by atoms with Crippen LogP contribution in [0.4, 0.5) is 9.18 Å². The predicted molar refractivity (Wildman–Crippen MR) is 120 cm³/mol. The molecule has 8 heteroatoms. The van der Waals surface area contributed by atoms with E-state index in [2.05, 4.69) is 27.0 Å². The number of likely N-dealkylation sites (tertiary alicyclic amines) is 1. The van der Waals surface area contributed by atoms with Gasteiger partial charge < -0.3 is 5.32 Å². The van der Waals surface area contributed by atoms with Crippen molar-refractivity contribution in [3.05, 3.63) is 54.0 Å². The molecule has 4 rings (SSSR count). The van der Waals surface area contributed by atoms with Gasteiger partial charge >= 0.3 is 6.03 Å². The Morgan fingerprint density at radius 3 is 2.56 bits per heavy atom. The molecule has 0 bridgehead atoms. The number of hydrogen-bond acceptors (Lipinski definition) is 4. The number of urea groups is 1. The summed E-state index contributed by atoms with van der Waals surface area (Å²) in [5.74, 6) is -0.298. The third-order valence-corrected chi connectivity index (χ3v) is 6.72. The first-order valence-electron chi connectivity index (χ1n) is 11.1. The zero-order valence-electron chi connectivity index (χ0n) is 18.7. The van der Waals surface area contributed by atoms with Gasteiger partial charge in [-0.1, -0.05) is 19.1 Å². The number of halogens is 1. The molecule has 0 aliphatic carbocycles. The van der Waals surface area contributed by atoms with E-state index in [0.717, 1.165) is 54.9 Å². The Bertz CT molecular complexity index is 1010. The summed E-state index contributed by atoms with van der Waals surface area (Å²) < 4.78 is 13.3. The first-order valence-corrected chi connectivity index (χ1v) is 11.1. The summed E-state index contributed by atoms with van der Waals surface area (Å²) in [6, 6.07) is 6.06. The van der Waals surface area contributed by atoms with Crippen LogP contribution in [-0.2, 0) is 11.3 Å². The highest BCUT2D eigenvalue weighted by molar-refractivity contribution is 6.07. The van der Waals surface area contributed by atoms with Gasteiger partial charge in [-0.2, -0.15) is 5.10 Å². The number of aromatic nitrogens is 2. The molecule has 0 radical (unpaired) electrons. The molecule has 2 saturated heterocycles. The van der Waals surface area contributed by atoms with Crippen molar-refractivity contribution in [1.82, 2.24) is 25.3 Å². The van der Waals surface area contributed by atoms with Gasteiger partial charge in [-0.25, -0.2) is 9.18 Å². The van der Waals surface area contributed by atoms with Gasteiger partial charge in [0.2, 0.25) is 0 Å².